The number of halogens is 1. The molecule has 0 saturated carbocycles. The van der Waals surface area contributed by atoms with E-state index in [1.807, 2.05) is 24.3 Å². The molecule has 0 aliphatic carbocycles. The van der Waals surface area contributed by atoms with Crippen molar-refractivity contribution in [2.75, 3.05) is 0 Å². The Balaban J connectivity index is 1.83. The standard InChI is InChI=1S/C21H17FN2O2/c1-2-4-12-5-3-6-14(11-12)19-17-16(20(25)24-19)18(23-21(17)26)13-7-9-15(22)10-8-13/h3,5-11,24-25H,2,4H2,1H3. The maximum absolute atomic E-state index is 13.2. The summed E-state index contributed by atoms with van der Waals surface area (Å²) in [6, 6.07) is 13.6. The molecule has 0 spiro atoms. The summed E-state index contributed by atoms with van der Waals surface area (Å²) in [7, 11) is 0. The minimum absolute atomic E-state index is 0.107. The number of aromatic hydroxyl groups is 1. The summed E-state index contributed by atoms with van der Waals surface area (Å²) >= 11 is 0. The molecule has 4 nitrogen and oxygen atoms in total. The number of rotatable bonds is 4. The van der Waals surface area contributed by atoms with Crippen LogP contribution in [0, 0.1) is 5.82 Å². The van der Waals surface area contributed by atoms with Crippen LogP contribution >= 0.6 is 0 Å². The Morgan fingerprint density at radius 1 is 1.08 bits per heavy atom. The zero-order chi connectivity index (χ0) is 18.3. The van der Waals surface area contributed by atoms with Crippen LogP contribution in [-0.2, 0) is 6.42 Å². The van der Waals surface area contributed by atoms with Gasteiger partial charge in [0.05, 0.1) is 22.5 Å². The molecule has 2 N–H and O–H groups in total. The van der Waals surface area contributed by atoms with Gasteiger partial charge in [-0.2, -0.15) is 0 Å². The van der Waals surface area contributed by atoms with E-state index in [1.165, 1.54) is 12.1 Å². The van der Waals surface area contributed by atoms with Crippen molar-refractivity contribution in [2.45, 2.75) is 19.8 Å². The zero-order valence-corrected chi connectivity index (χ0v) is 14.2. The molecule has 0 fully saturated rings. The molecule has 1 aliphatic heterocycles. The molecular formula is C21H17FN2O2. The summed E-state index contributed by atoms with van der Waals surface area (Å²) in [5.74, 6) is -0.887. The highest BCUT2D eigenvalue weighted by Crippen LogP contribution is 2.38. The van der Waals surface area contributed by atoms with E-state index in [4.69, 9.17) is 0 Å². The molecule has 5 heteroatoms. The minimum Gasteiger partial charge on any atom is -0.494 e. The third-order valence-electron chi connectivity index (χ3n) is 4.52. The molecule has 0 radical (unpaired) electrons. The summed E-state index contributed by atoms with van der Waals surface area (Å²) in [5.41, 5.74) is 4.22. The Hall–Kier alpha value is -3.21. The molecule has 130 valence electrons. The number of nitrogens with zero attached hydrogens (tertiary/aromatic N) is 1. The first-order valence-electron chi connectivity index (χ1n) is 8.52. The maximum atomic E-state index is 13.2. The summed E-state index contributed by atoms with van der Waals surface area (Å²) < 4.78 is 13.2. The highest BCUT2D eigenvalue weighted by molar-refractivity contribution is 6.30. The molecule has 1 amide bonds. The Bertz CT molecular complexity index is 1030. The predicted molar refractivity (Wildman–Crippen MR) is 98.3 cm³/mol. The van der Waals surface area contributed by atoms with Crippen LogP contribution in [-0.4, -0.2) is 21.7 Å². The molecule has 26 heavy (non-hydrogen) atoms. The van der Waals surface area contributed by atoms with E-state index in [-0.39, 0.29) is 11.7 Å². The number of aliphatic imine (C=N–C) groups is 1. The lowest BCUT2D eigenvalue weighted by Crippen LogP contribution is -1.99. The van der Waals surface area contributed by atoms with E-state index in [2.05, 4.69) is 16.9 Å². The smallest absolute Gasteiger partial charge is 0.280 e. The number of hydrogen-bond donors (Lipinski definition) is 2. The van der Waals surface area contributed by atoms with Gasteiger partial charge in [0.1, 0.15) is 5.82 Å². The Morgan fingerprint density at radius 2 is 1.85 bits per heavy atom. The highest BCUT2D eigenvalue weighted by Gasteiger charge is 2.33. The maximum Gasteiger partial charge on any atom is 0.280 e. The topological polar surface area (TPSA) is 65.4 Å². The fraction of sp³-hybridized carbons (Fsp3) is 0.143. The van der Waals surface area contributed by atoms with Gasteiger partial charge in [-0.15, -0.1) is 0 Å². The van der Waals surface area contributed by atoms with Crippen molar-refractivity contribution in [2.24, 2.45) is 4.99 Å². The number of aromatic amines is 1. The largest absolute Gasteiger partial charge is 0.494 e. The van der Waals surface area contributed by atoms with Crippen LogP contribution in [0.25, 0.3) is 11.3 Å². The summed E-state index contributed by atoms with van der Waals surface area (Å²) in [6.45, 7) is 2.11. The van der Waals surface area contributed by atoms with Crippen molar-refractivity contribution in [3.8, 4) is 17.1 Å². The normalized spacial score (nSPS) is 13.0. The summed E-state index contributed by atoms with van der Waals surface area (Å²) in [4.78, 5) is 19.6. The fourth-order valence-electron chi connectivity index (χ4n) is 3.35. The Labute approximate surface area is 150 Å². The number of hydrogen-bond acceptors (Lipinski definition) is 2. The molecule has 0 unspecified atom stereocenters. The number of carbonyl (C=O) groups excluding carboxylic acids is 1. The van der Waals surface area contributed by atoms with Gasteiger partial charge in [-0.1, -0.05) is 31.5 Å². The quantitative estimate of drug-likeness (QED) is 0.730. The molecule has 1 aromatic heterocycles. The lowest BCUT2D eigenvalue weighted by atomic mass is 9.99. The lowest BCUT2D eigenvalue weighted by Gasteiger charge is -2.04. The van der Waals surface area contributed by atoms with Crippen molar-refractivity contribution in [3.63, 3.8) is 0 Å². The third kappa shape index (κ3) is 2.62. The van der Waals surface area contributed by atoms with Crippen LogP contribution in [0.5, 0.6) is 5.88 Å². The number of aromatic nitrogens is 1. The van der Waals surface area contributed by atoms with E-state index >= 15 is 0 Å². The van der Waals surface area contributed by atoms with Crippen molar-refractivity contribution in [3.05, 3.63) is 76.6 Å². The minimum atomic E-state index is -0.410. The van der Waals surface area contributed by atoms with Crippen LogP contribution in [0.2, 0.25) is 0 Å². The average molecular weight is 348 g/mol. The molecule has 3 aromatic rings. The SMILES string of the molecule is CCCc1cccc(-c2[nH]c(O)c3c2C(=O)N=C3c2ccc(F)cc2)c1. The molecule has 1 aliphatic rings. The second kappa shape index (κ2) is 6.26. The van der Waals surface area contributed by atoms with Crippen molar-refractivity contribution in [1.82, 2.24) is 4.98 Å². The van der Waals surface area contributed by atoms with Gasteiger partial charge in [0, 0.05) is 5.56 Å². The lowest BCUT2D eigenvalue weighted by molar-refractivity contribution is 0.101. The molecule has 0 saturated heterocycles. The number of nitrogens with one attached hydrogen (secondary N) is 1. The van der Waals surface area contributed by atoms with Gasteiger partial charge in [0.2, 0.25) is 0 Å². The number of H-pyrrole nitrogens is 1. The molecule has 0 bridgehead atoms. The zero-order valence-electron chi connectivity index (χ0n) is 14.2. The van der Waals surface area contributed by atoms with Gasteiger partial charge in [-0.05, 0) is 47.9 Å². The van der Waals surface area contributed by atoms with E-state index in [1.54, 1.807) is 12.1 Å². The van der Waals surface area contributed by atoms with Gasteiger partial charge in [0.25, 0.3) is 5.91 Å². The first-order chi connectivity index (χ1) is 12.6. The van der Waals surface area contributed by atoms with Gasteiger partial charge in [-0.3, -0.25) is 4.79 Å². The monoisotopic (exact) mass is 348 g/mol. The van der Waals surface area contributed by atoms with E-state index < -0.39 is 5.91 Å². The number of aryl methyl sites for hydroxylation is 1. The predicted octanol–water partition coefficient (Wildman–Crippen LogP) is 4.47. The highest BCUT2D eigenvalue weighted by atomic mass is 19.1. The Morgan fingerprint density at radius 3 is 2.58 bits per heavy atom. The second-order valence-electron chi connectivity index (χ2n) is 6.32. The summed E-state index contributed by atoms with van der Waals surface area (Å²) in [5, 5.41) is 10.4. The molecular weight excluding hydrogens is 331 g/mol. The van der Waals surface area contributed by atoms with Crippen LogP contribution in [0.15, 0.2) is 53.5 Å². The number of benzene rings is 2. The third-order valence-corrected chi connectivity index (χ3v) is 4.52. The number of fused-ring (bicyclic) bond motifs is 1. The average Bonchev–Trinajstić information content (AvgIpc) is 3.15. The van der Waals surface area contributed by atoms with E-state index in [9.17, 15) is 14.3 Å². The Kier molecular flexibility index (Phi) is 3.92. The number of amides is 1. The second-order valence-corrected chi connectivity index (χ2v) is 6.32. The molecule has 0 atom stereocenters. The molecule has 2 aromatic carbocycles. The molecule has 2 heterocycles. The van der Waals surface area contributed by atoms with Crippen LogP contribution in [0.1, 0.15) is 40.4 Å². The number of carbonyl (C=O) groups is 1. The van der Waals surface area contributed by atoms with Crippen LogP contribution in [0.3, 0.4) is 0 Å². The first-order valence-corrected chi connectivity index (χ1v) is 8.52. The first kappa shape index (κ1) is 16.3. The van der Waals surface area contributed by atoms with Crippen molar-refractivity contribution < 1.29 is 14.3 Å². The van der Waals surface area contributed by atoms with E-state index in [0.717, 1.165) is 24.0 Å². The van der Waals surface area contributed by atoms with Crippen molar-refractivity contribution in [1.29, 1.82) is 0 Å². The van der Waals surface area contributed by atoms with Crippen LogP contribution in [0.4, 0.5) is 4.39 Å². The van der Waals surface area contributed by atoms with Gasteiger partial charge in [-0.25, -0.2) is 9.38 Å². The van der Waals surface area contributed by atoms with Crippen LogP contribution < -0.4 is 0 Å². The summed E-state index contributed by atoms with van der Waals surface area (Å²) in [6.07, 6.45) is 1.96. The van der Waals surface area contributed by atoms with Gasteiger partial charge in [0.15, 0.2) is 5.88 Å². The molecule has 4 rings (SSSR count). The van der Waals surface area contributed by atoms with Crippen molar-refractivity contribution >= 4 is 11.6 Å². The fourth-order valence-corrected chi connectivity index (χ4v) is 3.35. The van der Waals surface area contributed by atoms with Gasteiger partial charge >= 0.3 is 0 Å². The van der Waals surface area contributed by atoms with Gasteiger partial charge < -0.3 is 10.1 Å². The van der Waals surface area contributed by atoms with E-state index in [0.29, 0.717) is 28.1 Å².